The third-order valence-electron chi connectivity index (χ3n) is 3.91. The normalized spacial score (nSPS) is 22.3. The largest absolute Gasteiger partial charge is 0.481 e. The van der Waals surface area contributed by atoms with Crippen molar-refractivity contribution in [3.8, 4) is 0 Å². The lowest BCUT2D eigenvalue weighted by molar-refractivity contribution is -0.144. The summed E-state index contributed by atoms with van der Waals surface area (Å²) >= 11 is 1.52. The van der Waals surface area contributed by atoms with E-state index < -0.39 is 11.9 Å². The molecule has 2 atom stereocenters. The van der Waals surface area contributed by atoms with Crippen molar-refractivity contribution in [3.05, 3.63) is 23.5 Å². The number of hydrogen-bond acceptors (Lipinski definition) is 4. The Morgan fingerprint density at radius 3 is 3.00 bits per heavy atom. The predicted octanol–water partition coefficient (Wildman–Crippen LogP) is 1.70. The minimum absolute atomic E-state index is 0.154. The Balaban J connectivity index is 1.62. The van der Waals surface area contributed by atoms with Crippen LogP contribution in [0.5, 0.6) is 0 Å². The van der Waals surface area contributed by atoms with Gasteiger partial charge in [0.15, 0.2) is 4.96 Å². The molecule has 1 amide bonds. The molecule has 1 aliphatic rings. The second-order valence-electron chi connectivity index (χ2n) is 5.41. The van der Waals surface area contributed by atoms with Crippen molar-refractivity contribution in [2.24, 2.45) is 5.92 Å². The van der Waals surface area contributed by atoms with Crippen LogP contribution in [0, 0.1) is 5.92 Å². The first-order valence-electron chi connectivity index (χ1n) is 7.07. The molecule has 0 spiro atoms. The topological polar surface area (TPSA) is 83.7 Å². The smallest absolute Gasteiger partial charge is 0.308 e. The van der Waals surface area contributed by atoms with Crippen LogP contribution < -0.4 is 5.32 Å². The molecule has 2 aromatic heterocycles. The van der Waals surface area contributed by atoms with Gasteiger partial charge in [0, 0.05) is 23.8 Å². The van der Waals surface area contributed by atoms with Crippen LogP contribution in [0.1, 0.15) is 31.4 Å². The van der Waals surface area contributed by atoms with Gasteiger partial charge in [0.2, 0.25) is 5.91 Å². The number of rotatable bonds is 4. The Bertz CT molecular complexity index is 635. The number of carboxylic acid groups (broad SMARTS) is 1. The average molecular weight is 307 g/mol. The van der Waals surface area contributed by atoms with Crippen molar-refractivity contribution in [3.63, 3.8) is 0 Å². The summed E-state index contributed by atoms with van der Waals surface area (Å²) < 4.78 is 1.88. The molecule has 6 nitrogen and oxygen atoms in total. The first-order chi connectivity index (χ1) is 10.1. The lowest BCUT2D eigenvalue weighted by atomic mass is 9.84. The van der Waals surface area contributed by atoms with E-state index in [2.05, 4.69) is 10.3 Å². The summed E-state index contributed by atoms with van der Waals surface area (Å²) in [7, 11) is 0. The zero-order valence-electron chi connectivity index (χ0n) is 11.5. The number of aliphatic carboxylic acids is 1. The fourth-order valence-corrected chi connectivity index (χ4v) is 3.60. The van der Waals surface area contributed by atoms with Gasteiger partial charge < -0.3 is 10.4 Å². The SMILES string of the molecule is O=C(Cc1cn2ccsc2n1)NC1CCCCC1C(=O)O. The van der Waals surface area contributed by atoms with Crippen LogP contribution in [0.3, 0.4) is 0 Å². The van der Waals surface area contributed by atoms with Crippen molar-refractivity contribution in [1.82, 2.24) is 14.7 Å². The van der Waals surface area contributed by atoms with Crippen LogP contribution in [0.4, 0.5) is 0 Å². The Labute approximate surface area is 125 Å². The second kappa shape index (κ2) is 5.85. The fraction of sp³-hybridized carbons (Fsp3) is 0.500. The highest BCUT2D eigenvalue weighted by Crippen LogP contribution is 2.24. The van der Waals surface area contributed by atoms with Crippen LogP contribution in [0.15, 0.2) is 17.8 Å². The van der Waals surface area contributed by atoms with Crippen molar-refractivity contribution in [1.29, 1.82) is 0 Å². The minimum atomic E-state index is -0.817. The van der Waals surface area contributed by atoms with E-state index in [0.717, 1.165) is 24.2 Å². The molecule has 0 aromatic carbocycles. The molecule has 2 heterocycles. The molecule has 2 aromatic rings. The molecule has 2 N–H and O–H groups in total. The number of aromatic nitrogens is 2. The third kappa shape index (κ3) is 3.07. The number of thiazole rings is 1. The highest BCUT2D eigenvalue weighted by atomic mass is 32.1. The van der Waals surface area contributed by atoms with Gasteiger partial charge in [-0.25, -0.2) is 4.98 Å². The highest BCUT2D eigenvalue weighted by molar-refractivity contribution is 7.15. The highest BCUT2D eigenvalue weighted by Gasteiger charge is 2.31. The molecule has 0 aliphatic heterocycles. The number of fused-ring (bicyclic) bond motifs is 1. The number of carbonyl (C=O) groups is 2. The number of hydrogen-bond donors (Lipinski definition) is 2. The maximum absolute atomic E-state index is 12.1. The van der Waals surface area contributed by atoms with Crippen LogP contribution in [-0.4, -0.2) is 32.4 Å². The predicted molar refractivity (Wildman–Crippen MR) is 78.3 cm³/mol. The second-order valence-corrected chi connectivity index (χ2v) is 6.28. The summed E-state index contributed by atoms with van der Waals surface area (Å²) in [6, 6.07) is -0.257. The molecule has 1 fully saturated rings. The molecular weight excluding hydrogens is 290 g/mol. The lowest BCUT2D eigenvalue weighted by Gasteiger charge is -2.29. The minimum Gasteiger partial charge on any atom is -0.481 e. The lowest BCUT2D eigenvalue weighted by Crippen LogP contribution is -2.45. The molecule has 7 heteroatoms. The average Bonchev–Trinajstić information content (AvgIpc) is 2.99. The number of nitrogens with zero attached hydrogens (tertiary/aromatic N) is 2. The maximum Gasteiger partial charge on any atom is 0.308 e. The molecular formula is C14H17N3O3S. The molecule has 3 rings (SSSR count). The standard InChI is InChI=1S/C14H17N3O3S/c18-12(7-9-8-17-5-6-21-14(17)15-9)16-11-4-2-1-3-10(11)13(19)20/h5-6,8,10-11H,1-4,7H2,(H,16,18)(H,19,20). The van der Waals surface area contributed by atoms with Gasteiger partial charge in [0.1, 0.15) is 0 Å². The maximum atomic E-state index is 12.1. The first kappa shape index (κ1) is 14.1. The third-order valence-corrected chi connectivity index (χ3v) is 4.69. The van der Waals surface area contributed by atoms with Crippen molar-refractivity contribution >= 4 is 28.2 Å². The van der Waals surface area contributed by atoms with Gasteiger partial charge >= 0.3 is 5.97 Å². The molecule has 112 valence electrons. The molecule has 0 saturated heterocycles. The van der Waals surface area contributed by atoms with Gasteiger partial charge in [-0.05, 0) is 12.8 Å². The van der Waals surface area contributed by atoms with E-state index >= 15 is 0 Å². The molecule has 0 bridgehead atoms. The number of carbonyl (C=O) groups excluding carboxylic acids is 1. The Hall–Kier alpha value is -1.89. The molecule has 21 heavy (non-hydrogen) atoms. The summed E-state index contributed by atoms with van der Waals surface area (Å²) in [6.45, 7) is 0. The van der Waals surface area contributed by atoms with Crippen molar-refractivity contribution in [2.75, 3.05) is 0 Å². The number of amides is 1. The summed E-state index contributed by atoms with van der Waals surface area (Å²) in [5.74, 6) is -1.44. The van der Waals surface area contributed by atoms with Gasteiger partial charge in [-0.2, -0.15) is 0 Å². The quantitative estimate of drug-likeness (QED) is 0.900. The molecule has 0 radical (unpaired) electrons. The zero-order chi connectivity index (χ0) is 14.8. The van der Waals surface area contributed by atoms with E-state index in [9.17, 15) is 14.7 Å². The van der Waals surface area contributed by atoms with Crippen molar-refractivity contribution in [2.45, 2.75) is 38.1 Å². The van der Waals surface area contributed by atoms with E-state index in [1.807, 2.05) is 22.2 Å². The Morgan fingerprint density at radius 1 is 1.43 bits per heavy atom. The van der Waals surface area contributed by atoms with E-state index in [1.54, 1.807) is 0 Å². The number of carboxylic acids is 1. The molecule has 1 saturated carbocycles. The first-order valence-corrected chi connectivity index (χ1v) is 7.94. The van der Waals surface area contributed by atoms with Crippen LogP contribution >= 0.6 is 11.3 Å². The Morgan fingerprint density at radius 2 is 2.24 bits per heavy atom. The summed E-state index contributed by atoms with van der Waals surface area (Å²) in [5, 5.41) is 14.0. The van der Waals surface area contributed by atoms with Gasteiger partial charge in [-0.15, -0.1) is 11.3 Å². The Kier molecular flexibility index (Phi) is 3.92. The van der Waals surface area contributed by atoms with E-state index in [-0.39, 0.29) is 18.4 Å². The van der Waals surface area contributed by atoms with Gasteiger partial charge in [0.25, 0.3) is 0 Å². The summed E-state index contributed by atoms with van der Waals surface area (Å²) in [5.41, 5.74) is 0.710. The molecule has 2 unspecified atom stereocenters. The summed E-state index contributed by atoms with van der Waals surface area (Å²) in [4.78, 5) is 28.5. The van der Waals surface area contributed by atoms with Gasteiger partial charge in [-0.1, -0.05) is 12.8 Å². The van der Waals surface area contributed by atoms with Gasteiger partial charge in [-0.3, -0.25) is 14.0 Å². The zero-order valence-corrected chi connectivity index (χ0v) is 12.3. The van der Waals surface area contributed by atoms with E-state index in [4.69, 9.17) is 0 Å². The van der Waals surface area contributed by atoms with E-state index in [0.29, 0.717) is 12.1 Å². The van der Waals surface area contributed by atoms with Crippen LogP contribution in [0.2, 0.25) is 0 Å². The molecule has 1 aliphatic carbocycles. The van der Waals surface area contributed by atoms with Crippen LogP contribution in [0.25, 0.3) is 4.96 Å². The monoisotopic (exact) mass is 307 g/mol. The van der Waals surface area contributed by atoms with Gasteiger partial charge in [0.05, 0.1) is 18.0 Å². The van der Waals surface area contributed by atoms with Crippen LogP contribution in [-0.2, 0) is 16.0 Å². The number of nitrogens with one attached hydrogen (secondary N) is 1. The fourth-order valence-electron chi connectivity index (χ4n) is 2.88. The summed E-state index contributed by atoms with van der Waals surface area (Å²) in [6.07, 6.45) is 7.19. The van der Waals surface area contributed by atoms with Crippen molar-refractivity contribution < 1.29 is 14.7 Å². The van der Waals surface area contributed by atoms with E-state index in [1.165, 1.54) is 11.3 Å². The number of imidazole rings is 1.